The minimum atomic E-state index is -0.244. The molecular formula is C14H20N2O2. The van der Waals surface area contributed by atoms with Gasteiger partial charge in [-0.2, -0.15) is 0 Å². The van der Waals surface area contributed by atoms with Crippen molar-refractivity contribution in [3.63, 3.8) is 0 Å². The molecule has 0 aromatic heterocycles. The van der Waals surface area contributed by atoms with E-state index < -0.39 is 0 Å². The number of hydrogen-bond donors (Lipinski definition) is 1. The van der Waals surface area contributed by atoms with Crippen LogP contribution in [0.4, 0.5) is 10.5 Å². The van der Waals surface area contributed by atoms with Crippen LogP contribution in [0.15, 0.2) is 24.3 Å². The van der Waals surface area contributed by atoms with Crippen molar-refractivity contribution < 1.29 is 9.53 Å². The molecule has 1 amide bonds. The molecule has 1 fully saturated rings. The fourth-order valence-corrected chi connectivity index (χ4v) is 2.19. The van der Waals surface area contributed by atoms with E-state index in [0.717, 1.165) is 18.7 Å². The van der Waals surface area contributed by atoms with E-state index >= 15 is 0 Å². The number of nitrogens with zero attached hydrogens (tertiary/aromatic N) is 1. The van der Waals surface area contributed by atoms with E-state index in [1.165, 1.54) is 5.56 Å². The first kappa shape index (κ1) is 12.9. The highest BCUT2D eigenvalue weighted by Crippen LogP contribution is 2.21. The molecule has 1 aromatic rings. The standard InChI is InChI=1S/C14H20N2O2/c1-3-11-4-6-13(7-5-11)16-9-12(8-15-2)10-18-14(16)17/h4-7,12,15H,3,8-10H2,1-2H3. The monoisotopic (exact) mass is 248 g/mol. The highest BCUT2D eigenvalue weighted by molar-refractivity contribution is 5.88. The lowest BCUT2D eigenvalue weighted by molar-refractivity contribution is 0.115. The Labute approximate surface area is 108 Å². The number of carbonyl (C=O) groups is 1. The first-order chi connectivity index (χ1) is 8.74. The number of ether oxygens (including phenoxy) is 1. The van der Waals surface area contributed by atoms with Crippen LogP contribution in [-0.4, -0.2) is 32.8 Å². The average Bonchev–Trinajstić information content (AvgIpc) is 2.41. The number of aryl methyl sites for hydroxylation is 1. The Hall–Kier alpha value is -1.55. The molecule has 4 heteroatoms. The van der Waals surface area contributed by atoms with Crippen molar-refractivity contribution in [2.75, 3.05) is 31.6 Å². The third kappa shape index (κ3) is 2.82. The van der Waals surface area contributed by atoms with Crippen LogP contribution in [0.3, 0.4) is 0 Å². The summed E-state index contributed by atoms with van der Waals surface area (Å²) in [7, 11) is 1.91. The number of nitrogens with one attached hydrogen (secondary N) is 1. The largest absolute Gasteiger partial charge is 0.449 e. The fourth-order valence-electron chi connectivity index (χ4n) is 2.19. The van der Waals surface area contributed by atoms with Gasteiger partial charge in [-0.15, -0.1) is 0 Å². The van der Waals surface area contributed by atoms with Crippen molar-refractivity contribution in [3.8, 4) is 0 Å². The Morgan fingerprint density at radius 3 is 2.72 bits per heavy atom. The van der Waals surface area contributed by atoms with Crippen LogP contribution in [0.2, 0.25) is 0 Å². The zero-order valence-electron chi connectivity index (χ0n) is 11.0. The van der Waals surface area contributed by atoms with Gasteiger partial charge < -0.3 is 10.1 Å². The predicted molar refractivity (Wildman–Crippen MR) is 71.9 cm³/mol. The normalized spacial score (nSPS) is 19.8. The van der Waals surface area contributed by atoms with E-state index in [0.29, 0.717) is 19.1 Å². The fraction of sp³-hybridized carbons (Fsp3) is 0.500. The summed E-state index contributed by atoms with van der Waals surface area (Å²) in [5.41, 5.74) is 2.19. The summed E-state index contributed by atoms with van der Waals surface area (Å²) in [5.74, 6) is 0.346. The third-order valence-electron chi connectivity index (χ3n) is 3.25. The highest BCUT2D eigenvalue weighted by Gasteiger charge is 2.27. The molecule has 1 aromatic carbocycles. The van der Waals surface area contributed by atoms with Gasteiger partial charge in [0.25, 0.3) is 0 Å². The number of benzene rings is 1. The van der Waals surface area contributed by atoms with E-state index in [1.807, 2.05) is 19.2 Å². The van der Waals surface area contributed by atoms with Gasteiger partial charge >= 0.3 is 6.09 Å². The van der Waals surface area contributed by atoms with Crippen molar-refractivity contribution in [2.45, 2.75) is 13.3 Å². The quantitative estimate of drug-likeness (QED) is 0.886. The van der Waals surface area contributed by atoms with Crippen LogP contribution in [0.5, 0.6) is 0 Å². The molecule has 1 N–H and O–H groups in total. The summed E-state index contributed by atoms with van der Waals surface area (Å²) >= 11 is 0. The number of rotatable bonds is 4. The summed E-state index contributed by atoms with van der Waals surface area (Å²) in [5, 5.41) is 3.12. The lowest BCUT2D eigenvalue weighted by atomic mass is 10.1. The van der Waals surface area contributed by atoms with Gasteiger partial charge in [0.1, 0.15) is 0 Å². The first-order valence-corrected chi connectivity index (χ1v) is 6.42. The summed E-state index contributed by atoms with van der Waals surface area (Å²) in [6.07, 6.45) is 0.763. The second-order valence-electron chi connectivity index (χ2n) is 4.63. The molecule has 1 atom stereocenters. The van der Waals surface area contributed by atoms with E-state index in [-0.39, 0.29) is 6.09 Å². The van der Waals surface area contributed by atoms with Gasteiger partial charge in [0, 0.05) is 24.7 Å². The minimum absolute atomic E-state index is 0.244. The van der Waals surface area contributed by atoms with E-state index in [4.69, 9.17) is 4.74 Å². The molecule has 0 spiro atoms. The van der Waals surface area contributed by atoms with Crippen molar-refractivity contribution in [1.82, 2.24) is 5.32 Å². The number of cyclic esters (lactones) is 1. The van der Waals surface area contributed by atoms with Gasteiger partial charge in [-0.1, -0.05) is 19.1 Å². The number of anilines is 1. The van der Waals surface area contributed by atoms with Crippen LogP contribution in [0.1, 0.15) is 12.5 Å². The molecular weight excluding hydrogens is 228 g/mol. The van der Waals surface area contributed by atoms with Crippen LogP contribution in [0.25, 0.3) is 0 Å². The molecule has 98 valence electrons. The Balaban J connectivity index is 2.11. The maximum Gasteiger partial charge on any atom is 0.414 e. The molecule has 0 aliphatic carbocycles. The summed E-state index contributed by atoms with van der Waals surface area (Å²) in [4.78, 5) is 13.5. The molecule has 18 heavy (non-hydrogen) atoms. The zero-order chi connectivity index (χ0) is 13.0. The van der Waals surface area contributed by atoms with Crippen molar-refractivity contribution in [1.29, 1.82) is 0 Å². The van der Waals surface area contributed by atoms with Crippen LogP contribution < -0.4 is 10.2 Å². The van der Waals surface area contributed by atoms with Gasteiger partial charge in [0.2, 0.25) is 0 Å². The third-order valence-corrected chi connectivity index (χ3v) is 3.25. The molecule has 0 radical (unpaired) electrons. The van der Waals surface area contributed by atoms with Crippen molar-refractivity contribution in [3.05, 3.63) is 29.8 Å². The Kier molecular flexibility index (Phi) is 4.20. The Bertz CT molecular complexity index is 403. The SMILES string of the molecule is CCc1ccc(N2CC(CNC)COC2=O)cc1. The summed E-state index contributed by atoms with van der Waals surface area (Å²) in [6.45, 7) is 4.19. The van der Waals surface area contributed by atoms with Gasteiger partial charge in [0.05, 0.1) is 6.61 Å². The van der Waals surface area contributed by atoms with Gasteiger partial charge in [-0.25, -0.2) is 4.79 Å². The maximum absolute atomic E-state index is 11.8. The second kappa shape index (κ2) is 5.87. The van der Waals surface area contributed by atoms with Gasteiger partial charge in [-0.05, 0) is 31.2 Å². The van der Waals surface area contributed by atoms with Gasteiger partial charge in [-0.3, -0.25) is 4.90 Å². The predicted octanol–water partition coefficient (Wildman–Crippen LogP) is 2.04. The van der Waals surface area contributed by atoms with Crippen LogP contribution in [-0.2, 0) is 11.2 Å². The number of amides is 1. The lowest BCUT2D eigenvalue weighted by Crippen LogP contribution is -2.46. The van der Waals surface area contributed by atoms with E-state index in [2.05, 4.69) is 24.4 Å². The van der Waals surface area contributed by atoms with E-state index in [1.54, 1.807) is 4.90 Å². The molecule has 1 heterocycles. The van der Waals surface area contributed by atoms with Crippen molar-refractivity contribution in [2.24, 2.45) is 5.92 Å². The molecule has 1 aliphatic rings. The molecule has 0 saturated carbocycles. The minimum Gasteiger partial charge on any atom is -0.449 e. The summed E-state index contributed by atoms with van der Waals surface area (Å²) in [6, 6.07) is 8.10. The zero-order valence-corrected chi connectivity index (χ0v) is 11.0. The van der Waals surface area contributed by atoms with Crippen LogP contribution in [0, 0.1) is 5.92 Å². The number of carbonyl (C=O) groups excluding carboxylic acids is 1. The maximum atomic E-state index is 11.8. The smallest absolute Gasteiger partial charge is 0.414 e. The molecule has 1 unspecified atom stereocenters. The van der Waals surface area contributed by atoms with Gasteiger partial charge in [0.15, 0.2) is 0 Å². The molecule has 4 nitrogen and oxygen atoms in total. The van der Waals surface area contributed by atoms with E-state index in [9.17, 15) is 4.79 Å². The molecule has 1 aliphatic heterocycles. The first-order valence-electron chi connectivity index (χ1n) is 6.42. The Morgan fingerprint density at radius 1 is 1.39 bits per heavy atom. The highest BCUT2D eigenvalue weighted by atomic mass is 16.6. The second-order valence-corrected chi connectivity index (χ2v) is 4.63. The molecule has 1 saturated heterocycles. The average molecular weight is 248 g/mol. The van der Waals surface area contributed by atoms with Crippen molar-refractivity contribution >= 4 is 11.8 Å². The lowest BCUT2D eigenvalue weighted by Gasteiger charge is -2.32. The number of hydrogen-bond acceptors (Lipinski definition) is 3. The summed E-state index contributed by atoms with van der Waals surface area (Å²) < 4.78 is 5.21. The molecule has 0 bridgehead atoms. The topological polar surface area (TPSA) is 41.6 Å². The molecule has 2 rings (SSSR count). The van der Waals surface area contributed by atoms with Crippen LogP contribution >= 0.6 is 0 Å². The Morgan fingerprint density at radius 2 is 2.11 bits per heavy atom.